The van der Waals surface area contributed by atoms with Crippen LogP contribution in [0.1, 0.15) is 52.5 Å². The van der Waals surface area contributed by atoms with E-state index in [1.165, 1.54) is 5.56 Å². The van der Waals surface area contributed by atoms with Gasteiger partial charge in [0.05, 0.1) is 0 Å². The lowest BCUT2D eigenvalue weighted by molar-refractivity contribution is -0.120. The zero-order valence-electron chi connectivity index (χ0n) is 11.2. The van der Waals surface area contributed by atoms with E-state index < -0.39 is 0 Å². The highest BCUT2D eigenvalue weighted by Crippen LogP contribution is 2.23. The van der Waals surface area contributed by atoms with Gasteiger partial charge in [0.15, 0.2) is 0 Å². The van der Waals surface area contributed by atoms with Crippen LogP contribution in [-0.4, -0.2) is 5.78 Å². The van der Waals surface area contributed by atoms with Crippen molar-refractivity contribution in [1.82, 2.24) is 0 Å². The van der Waals surface area contributed by atoms with Gasteiger partial charge < -0.3 is 0 Å². The smallest absolute Gasteiger partial charge is 0.132 e. The Kier molecular flexibility index (Phi) is 7.53. The SMILES string of the molecule is CC.CC(=O)C(C)CC(C)c1ccccc1. The normalized spacial score (nSPS) is 13.3. The number of benzene rings is 1. The van der Waals surface area contributed by atoms with E-state index in [-0.39, 0.29) is 11.7 Å². The lowest BCUT2D eigenvalue weighted by atomic mass is 9.89. The zero-order chi connectivity index (χ0) is 12.6. The van der Waals surface area contributed by atoms with Crippen molar-refractivity contribution >= 4 is 5.78 Å². The van der Waals surface area contributed by atoms with Gasteiger partial charge in [0.1, 0.15) is 5.78 Å². The third-order valence-electron chi connectivity index (χ3n) is 2.77. The van der Waals surface area contributed by atoms with Gasteiger partial charge in [-0.05, 0) is 24.8 Å². The maximum atomic E-state index is 11.1. The molecule has 0 amide bonds. The molecule has 1 rings (SSSR count). The van der Waals surface area contributed by atoms with Gasteiger partial charge in [-0.15, -0.1) is 0 Å². The number of ketones is 1. The monoisotopic (exact) mass is 220 g/mol. The predicted octanol–water partition coefficient (Wildman–Crippen LogP) is 4.43. The molecule has 0 bridgehead atoms. The van der Waals surface area contributed by atoms with E-state index in [1.807, 2.05) is 39.0 Å². The highest BCUT2D eigenvalue weighted by molar-refractivity contribution is 5.77. The van der Waals surface area contributed by atoms with E-state index in [0.29, 0.717) is 5.92 Å². The molecule has 90 valence electrons. The number of carbonyl (C=O) groups is 1. The zero-order valence-corrected chi connectivity index (χ0v) is 11.2. The molecule has 0 saturated carbocycles. The van der Waals surface area contributed by atoms with Crippen molar-refractivity contribution in [2.45, 2.75) is 47.0 Å². The summed E-state index contributed by atoms with van der Waals surface area (Å²) in [6, 6.07) is 10.4. The molecular weight excluding hydrogens is 196 g/mol. The highest BCUT2D eigenvalue weighted by atomic mass is 16.1. The molecule has 1 aromatic carbocycles. The Bertz CT molecular complexity index is 290. The van der Waals surface area contributed by atoms with E-state index in [0.717, 1.165) is 6.42 Å². The molecular formula is C15H24O. The molecule has 0 aliphatic carbocycles. The predicted molar refractivity (Wildman–Crippen MR) is 70.7 cm³/mol. The number of carbonyl (C=O) groups excluding carboxylic acids is 1. The van der Waals surface area contributed by atoms with Crippen LogP contribution in [0.15, 0.2) is 30.3 Å². The Labute approximate surface area is 99.9 Å². The quantitative estimate of drug-likeness (QED) is 0.733. The molecule has 0 fully saturated rings. The summed E-state index contributed by atoms with van der Waals surface area (Å²) >= 11 is 0. The van der Waals surface area contributed by atoms with Crippen molar-refractivity contribution in [3.8, 4) is 0 Å². The van der Waals surface area contributed by atoms with Crippen LogP contribution in [0.2, 0.25) is 0 Å². The fourth-order valence-corrected chi connectivity index (χ4v) is 1.61. The van der Waals surface area contributed by atoms with E-state index in [4.69, 9.17) is 0 Å². The molecule has 0 aromatic heterocycles. The fourth-order valence-electron chi connectivity index (χ4n) is 1.61. The average Bonchev–Trinajstić information content (AvgIpc) is 2.32. The second-order valence-electron chi connectivity index (χ2n) is 4.06. The third-order valence-corrected chi connectivity index (χ3v) is 2.77. The largest absolute Gasteiger partial charge is 0.300 e. The first kappa shape index (κ1) is 14.9. The minimum atomic E-state index is 0.171. The first-order valence-electron chi connectivity index (χ1n) is 6.16. The molecule has 0 heterocycles. The van der Waals surface area contributed by atoms with Crippen LogP contribution in [0.5, 0.6) is 0 Å². The second-order valence-corrected chi connectivity index (χ2v) is 4.06. The van der Waals surface area contributed by atoms with E-state index in [1.54, 1.807) is 6.92 Å². The summed E-state index contributed by atoms with van der Waals surface area (Å²) in [5, 5.41) is 0. The van der Waals surface area contributed by atoms with E-state index >= 15 is 0 Å². The van der Waals surface area contributed by atoms with Gasteiger partial charge in [0.25, 0.3) is 0 Å². The molecule has 1 aromatic rings. The topological polar surface area (TPSA) is 17.1 Å². The molecule has 2 atom stereocenters. The van der Waals surface area contributed by atoms with Gasteiger partial charge >= 0.3 is 0 Å². The summed E-state index contributed by atoms with van der Waals surface area (Å²) in [6.45, 7) is 9.85. The molecule has 1 heteroatoms. The van der Waals surface area contributed by atoms with Gasteiger partial charge in [-0.2, -0.15) is 0 Å². The standard InChI is InChI=1S/C13H18O.C2H6/c1-10(12(3)14)9-11(2)13-7-5-4-6-8-13;1-2/h4-8,10-11H,9H2,1-3H3;1-2H3. The lowest BCUT2D eigenvalue weighted by Gasteiger charge is -2.15. The third kappa shape index (κ3) is 5.11. The van der Waals surface area contributed by atoms with E-state index in [2.05, 4.69) is 19.1 Å². The number of hydrogen-bond donors (Lipinski definition) is 0. The van der Waals surface area contributed by atoms with Crippen molar-refractivity contribution in [2.75, 3.05) is 0 Å². The molecule has 16 heavy (non-hydrogen) atoms. The molecule has 1 nitrogen and oxygen atoms in total. The maximum absolute atomic E-state index is 11.1. The van der Waals surface area contributed by atoms with Gasteiger partial charge in [-0.1, -0.05) is 58.0 Å². The van der Waals surface area contributed by atoms with Gasteiger partial charge in [-0.3, -0.25) is 4.79 Å². The van der Waals surface area contributed by atoms with Gasteiger partial charge in [0.2, 0.25) is 0 Å². The molecule has 0 saturated heterocycles. The lowest BCUT2D eigenvalue weighted by Crippen LogP contribution is -2.09. The summed E-state index contributed by atoms with van der Waals surface area (Å²) in [6.07, 6.45) is 0.944. The Balaban J connectivity index is 0.00000106. The van der Waals surface area contributed by atoms with Crippen LogP contribution in [0.25, 0.3) is 0 Å². The highest BCUT2D eigenvalue weighted by Gasteiger charge is 2.13. The Morgan fingerprint density at radius 3 is 2.06 bits per heavy atom. The number of rotatable bonds is 4. The van der Waals surface area contributed by atoms with Crippen LogP contribution >= 0.6 is 0 Å². The molecule has 0 aliphatic heterocycles. The minimum Gasteiger partial charge on any atom is -0.300 e. The molecule has 0 radical (unpaired) electrons. The van der Waals surface area contributed by atoms with Crippen molar-refractivity contribution < 1.29 is 4.79 Å². The summed E-state index contributed by atoms with van der Waals surface area (Å²) in [5.41, 5.74) is 1.32. The molecule has 0 aliphatic rings. The average molecular weight is 220 g/mol. The minimum absolute atomic E-state index is 0.171. The first-order chi connectivity index (χ1) is 7.61. The summed E-state index contributed by atoms with van der Waals surface area (Å²) in [5.74, 6) is 0.924. The van der Waals surface area contributed by atoms with Crippen LogP contribution in [0.4, 0.5) is 0 Å². The number of Topliss-reactive ketones (excluding diaryl/α,β-unsaturated/α-hetero) is 1. The Morgan fingerprint density at radius 1 is 1.12 bits per heavy atom. The van der Waals surface area contributed by atoms with E-state index in [9.17, 15) is 4.79 Å². The van der Waals surface area contributed by atoms with Crippen LogP contribution < -0.4 is 0 Å². The number of hydrogen-bond acceptors (Lipinski definition) is 1. The summed E-state index contributed by atoms with van der Waals surface area (Å²) < 4.78 is 0. The Morgan fingerprint density at radius 2 is 1.62 bits per heavy atom. The van der Waals surface area contributed by atoms with Gasteiger partial charge in [-0.25, -0.2) is 0 Å². The summed E-state index contributed by atoms with van der Waals surface area (Å²) in [7, 11) is 0. The fraction of sp³-hybridized carbons (Fsp3) is 0.533. The van der Waals surface area contributed by atoms with Crippen molar-refractivity contribution in [3.63, 3.8) is 0 Å². The van der Waals surface area contributed by atoms with Crippen molar-refractivity contribution in [2.24, 2.45) is 5.92 Å². The molecule has 0 spiro atoms. The second kappa shape index (κ2) is 8.09. The van der Waals surface area contributed by atoms with Crippen LogP contribution in [-0.2, 0) is 4.79 Å². The molecule has 0 N–H and O–H groups in total. The van der Waals surface area contributed by atoms with Crippen molar-refractivity contribution in [3.05, 3.63) is 35.9 Å². The van der Waals surface area contributed by atoms with Gasteiger partial charge in [0, 0.05) is 5.92 Å². The van der Waals surface area contributed by atoms with Crippen molar-refractivity contribution in [1.29, 1.82) is 0 Å². The Hall–Kier alpha value is -1.11. The maximum Gasteiger partial charge on any atom is 0.132 e. The first-order valence-corrected chi connectivity index (χ1v) is 6.16. The molecule has 2 unspecified atom stereocenters. The van der Waals surface area contributed by atoms with Crippen LogP contribution in [0, 0.1) is 5.92 Å². The van der Waals surface area contributed by atoms with Crippen LogP contribution in [0.3, 0.4) is 0 Å². The summed E-state index contributed by atoms with van der Waals surface area (Å²) in [4.78, 5) is 11.1.